The molecule has 2 atom stereocenters. The summed E-state index contributed by atoms with van der Waals surface area (Å²) >= 11 is 0. The molecule has 252 valence electrons. The van der Waals surface area contributed by atoms with Gasteiger partial charge < -0.3 is 19.5 Å². The van der Waals surface area contributed by atoms with Crippen LogP contribution in [0, 0.1) is 5.41 Å². The van der Waals surface area contributed by atoms with Gasteiger partial charge >= 0.3 is 12.1 Å². The summed E-state index contributed by atoms with van der Waals surface area (Å²) in [5.74, 6) is -2.66. The molecule has 45 heavy (non-hydrogen) atoms. The van der Waals surface area contributed by atoms with E-state index in [-0.39, 0.29) is 29.2 Å². The van der Waals surface area contributed by atoms with Gasteiger partial charge in [0.05, 0.1) is 17.4 Å². The molecule has 1 heterocycles. The Balaban J connectivity index is 2.21. The maximum Gasteiger partial charge on any atom is 0.418 e. The molecular weight excluding hydrogens is 576 g/mol. The molecule has 1 N–H and O–H groups in total. The van der Waals surface area contributed by atoms with Gasteiger partial charge in [-0.15, -0.1) is 0 Å². The molecule has 3 amide bonds. The van der Waals surface area contributed by atoms with E-state index in [1.807, 2.05) is 6.92 Å². The van der Waals surface area contributed by atoms with Crippen molar-refractivity contribution in [3.63, 3.8) is 0 Å². The van der Waals surface area contributed by atoms with Crippen molar-refractivity contribution in [2.45, 2.75) is 150 Å². The smallest absolute Gasteiger partial charge is 0.418 e. The molecule has 0 bridgehead atoms. The number of hydrogen-bond donors (Lipinski definition) is 1. The lowest BCUT2D eigenvalue weighted by Gasteiger charge is -2.28. The summed E-state index contributed by atoms with van der Waals surface area (Å²) in [5.41, 5.74) is -2.17. The SMILES string of the molecule is CCCCCCCCCCC(CC)OC(=O)c1ccc(NC(=O)C(C(=O)C(C)(C)C)N2C(=O)OC(C)(C)C2=O)c(OC(C)C)c1. The van der Waals surface area contributed by atoms with E-state index in [0.29, 0.717) is 11.3 Å². The molecule has 0 saturated carbocycles. The van der Waals surface area contributed by atoms with E-state index >= 15 is 0 Å². The highest BCUT2D eigenvalue weighted by atomic mass is 16.6. The van der Waals surface area contributed by atoms with Crippen molar-refractivity contribution in [3.05, 3.63) is 23.8 Å². The van der Waals surface area contributed by atoms with E-state index in [2.05, 4.69) is 12.2 Å². The first-order valence-corrected chi connectivity index (χ1v) is 16.5. The molecule has 0 spiro atoms. The fourth-order valence-corrected chi connectivity index (χ4v) is 5.05. The number of nitrogens with one attached hydrogen (secondary N) is 1. The molecule has 2 unspecified atom stereocenters. The highest BCUT2D eigenvalue weighted by Gasteiger charge is 2.55. The molecular formula is C35H54N2O8. The number of carbonyl (C=O) groups excluding carboxylic acids is 5. The van der Waals surface area contributed by atoms with Crippen molar-refractivity contribution >= 4 is 35.3 Å². The maximum atomic E-state index is 13.7. The molecule has 0 aromatic heterocycles. The number of unbranched alkanes of at least 4 members (excludes halogenated alkanes) is 7. The predicted octanol–water partition coefficient (Wildman–Crippen LogP) is 7.62. The number of anilines is 1. The van der Waals surface area contributed by atoms with Gasteiger partial charge in [-0.1, -0.05) is 79.6 Å². The largest absolute Gasteiger partial charge is 0.489 e. The number of esters is 1. The maximum absolute atomic E-state index is 13.7. The summed E-state index contributed by atoms with van der Waals surface area (Å²) in [4.78, 5) is 66.5. The number of nitrogens with zero attached hydrogens (tertiary/aromatic N) is 1. The molecule has 1 fully saturated rings. The van der Waals surface area contributed by atoms with Gasteiger partial charge in [0.25, 0.3) is 11.8 Å². The second kappa shape index (κ2) is 16.8. The molecule has 0 radical (unpaired) electrons. The van der Waals surface area contributed by atoms with Crippen LogP contribution in [0.3, 0.4) is 0 Å². The van der Waals surface area contributed by atoms with Crippen LogP contribution in [0.2, 0.25) is 0 Å². The van der Waals surface area contributed by atoms with Crippen LogP contribution in [0.1, 0.15) is 137 Å². The monoisotopic (exact) mass is 630 g/mol. The highest BCUT2D eigenvalue weighted by Crippen LogP contribution is 2.32. The first-order chi connectivity index (χ1) is 21.0. The Morgan fingerprint density at radius 1 is 0.956 bits per heavy atom. The van der Waals surface area contributed by atoms with Crippen LogP contribution in [0.15, 0.2) is 18.2 Å². The number of Topliss-reactive ketones (excluding diaryl/α,β-unsaturated/α-hetero) is 1. The third-order valence-electron chi connectivity index (χ3n) is 7.71. The number of ketones is 1. The summed E-state index contributed by atoms with van der Waals surface area (Å²) in [6.45, 7) is 15.4. The standard InChI is InChI=1S/C35H54N2O8/c1-10-12-13-14-15-16-17-18-19-25(11-2)44-31(40)24-20-21-26(27(22-24)43-23(3)4)36-30(39)28(29(38)34(5,6)7)37-32(41)35(8,9)45-33(37)42/h20-23,25,28H,10-19H2,1-9H3,(H,36,39). The third kappa shape index (κ3) is 10.9. The lowest BCUT2D eigenvalue weighted by Crippen LogP contribution is -2.55. The zero-order valence-electron chi connectivity index (χ0n) is 28.7. The minimum atomic E-state index is -1.77. The molecule has 1 aromatic rings. The van der Waals surface area contributed by atoms with Gasteiger partial charge in [-0.25, -0.2) is 14.5 Å². The van der Waals surface area contributed by atoms with Crippen LogP contribution in [0.4, 0.5) is 10.5 Å². The topological polar surface area (TPSA) is 128 Å². The van der Waals surface area contributed by atoms with Gasteiger partial charge in [0.15, 0.2) is 17.4 Å². The van der Waals surface area contributed by atoms with E-state index in [9.17, 15) is 24.0 Å². The number of imide groups is 1. The zero-order valence-corrected chi connectivity index (χ0v) is 28.7. The van der Waals surface area contributed by atoms with E-state index in [1.54, 1.807) is 34.6 Å². The van der Waals surface area contributed by atoms with E-state index in [1.165, 1.54) is 70.6 Å². The number of cyclic esters (lactones) is 1. The molecule has 1 aliphatic rings. The average Bonchev–Trinajstić information content (AvgIpc) is 3.15. The van der Waals surface area contributed by atoms with E-state index in [4.69, 9.17) is 14.2 Å². The zero-order chi connectivity index (χ0) is 33.9. The van der Waals surface area contributed by atoms with Crippen molar-refractivity contribution in [2.24, 2.45) is 5.41 Å². The van der Waals surface area contributed by atoms with Crippen LogP contribution in [0.5, 0.6) is 5.75 Å². The Kier molecular flexibility index (Phi) is 14.1. The van der Waals surface area contributed by atoms with Gasteiger partial charge in [-0.2, -0.15) is 0 Å². The van der Waals surface area contributed by atoms with E-state index in [0.717, 1.165) is 19.3 Å². The summed E-state index contributed by atoms with van der Waals surface area (Å²) in [6, 6.07) is 2.70. The molecule has 1 aromatic carbocycles. The van der Waals surface area contributed by atoms with Gasteiger partial charge in [-0.05, 0) is 65.2 Å². The quantitative estimate of drug-likeness (QED) is 0.0997. The fourth-order valence-electron chi connectivity index (χ4n) is 5.05. The summed E-state index contributed by atoms with van der Waals surface area (Å²) in [5, 5.41) is 2.65. The van der Waals surface area contributed by atoms with Crippen LogP contribution in [-0.2, 0) is 23.9 Å². The summed E-state index contributed by atoms with van der Waals surface area (Å²) in [6.07, 6.45) is 9.49. The second-order valence-electron chi connectivity index (χ2n) is 13.6. The number of amides is 3. The predicted molar refractivity (Wildman–Crippen MR) is 173 cm³/mol. The minimum Gasteiger partial charge on any atom is -0.489 e. The molecule has 1 saturated heterocycles. The Morgan fingerprint density at radius 2 is 1.56 bits per heavy atom. The number of hydrogen-bond acceptors (Lipinski definition) is 8. The van der Waals surface area contributed by atoms with Gasteiger partial charge in [0.2, 0.25) is 0 Å². The molecule has 10 nitrogen and oxygen atoms in total. The van der Waals surface area contributed by atoms with Crippen LogP contribution >= 0.6 is 0 Å². The first-order valence-electron chi connectivity index (χ1n) is 16.5. The normalized spacial score (nSPS) is 15.9. The molecule has 0 aliphatic carbocycles. The molecule has 2 rings (SSSR count). The van der Waals surface area contributed by atoms with Crippen molar-refractivity contribution in [3.8, 4) is 5.75 Å². The lowest BCUT2D eigenvalue weighted by molar-refractivity contribution is -0.145. The van der Waals surface area contributed by atoms with Crippen molar-refractivity contribution in [2.75, 3.05) is 5.32 Å². The first kappa shape index (κ1) is 37.8. The van der Waals surface area contributed by atoms with Gasteiger partial charge in [0, 0.05) is 5.41 Å². The van der Waals surface area contributed by atoms with Crippen molar-refractivity contribution < 1.29 is 38.2 Å². The van der Waals surface area contributed by atoms with Crippen LogP contribution in [0.25, 0.3) is 0 Å². The second-order valence-corrected chi connectivity index (χ2v) is 13.6. The Hall–Kier alpha value is -3.43. The van der Waals surface area contributed by atoms with Crippen LogP contribution < -0.4 is 10.1 Å². The van der Waals surface area contributed by atoms with Gasteiger partial charge in [-0.3, -0.25) is 14.4 Å². The van der Waals surface area contributed by atoms with Crippen molar-refractivity contribution in [1.82, 2.24) is 4.90 Å². The number of benzene rings is 1. The average molecular weight is 631 g/mol. The number of ether oxygens (including phenoxy) is 3. The summed E-state index contributed by atoms with van der Waals surface area (Å²) in [7, 11) is 0. The Bertz CT molecular complexity index is 1200. The molecule has 10 heteroatoms. The van der Waals surface area contributed by atoms with Crippen molar-refractivity contribution in [1.29, 1.82) is 0 Å². The van der Waals surface area contributed by atoms with Crippen LogP contribution in [-0.4, -0.2) is 58.4 Å². The van der Waals surface area contributed by atoms with E-state index < -0.39 is 46.7 Å². The number of carbonyl (C=O) groups is 5. The minimum absolute atomic E-state index is 0.169. The number of rotatable bonds is 18. The third-order valence-corrected chi connectivity index (χ3v) is 7.71. The Labute approximate surface area is 268 Å². The summed E-state index contributed by atoms with van der Waals surface area (Å²) < 4.78 is 16.9. The fraction of sp³-hybridized carbons (Fsp3) is 0.686. The lowest BCUT2D eigenvalue weighted by atomic mass is 9.85. The highest BCUT2D eigenvalue weighted by molar-refractivity contribution is 6.19. The Morgan fingerprint density at radius 3 is 2.07 bits per heavy atom. The van der Waals surface area contributed by atoms with Gasteiger partial charge in [0.1, 0.15) is 11.9 Å². The molecule has 1 aliphatic heterocycles.